The summed E-state index contributed by atoms with van der Waals surface area (Å²) in [6.45, 7) is 0.846. The van der Waals surface area contributed by atoms with E-state index in [4.69, 9.17) is 0 Å². The molecule has 1 unspecified atom stereocenters. The molecular weight excluding hydrogens is 333 g/mol. The maximum absolute atomic E-state index is 12.6. The number of piperidine rings is 1. The minimum atomic E-state index is -4.46. The van der Waals surface area contributed by atoms with Crippen molar-refractivity contribution < 1.29 is 18.0 Å². The van der Waals surface area contributed by atoms with Crippen molar-refractivity contribution in [2.45, 2.75) is 25.1 Å². The molecule has 1 saturated heterocycles. The third-order valence-corrected chi connectivity index (χ3v) is 4.13. The Balaban J connectivity index is 1.66. The van der Waals surface area contributed by atoms with Crippen LogP contribution in [-0.2, 0) is 6.18 Å². The number of alkyl halides is 3. The molecule has 3 heterocycles. The van der Waals surface area contributed by atoms with Crippen molar-refractivity contribution in [1.29, 1.82) is 0 Å². The normalized spacial score (nSPS) is 18.9. The van der Waals surface area contributed by atoms with Crippen LogP contribution in [0.15, 0.2) is 18.5 Å². The van der Waals surface area contributed by atoms with Gasteiger partial charge in [0.1, 0.15) is 5.00 Å². The van der Waals surface area contributed by atoms with E-state index >= 15 is 0 Å². The highest BCUT2D eigenvalue weighted by molar-refractivity contribution is 7.10. The zero-order chi connectivity index (χ0) is 16.4. The number of carbonyl (C=O) groups excluding carboxylic acids is 1. The van der Waals surface area contributed by atoms with Gasteiger partial charge in [-0.05, 0) is 18.9 Å². The van der Waals surface area contributed by atoms with Crippen LogP contribution in [0, 0.1) is 0 Å². The molecule has 23 heavy (non-hydrogen) atoms. The summed E-state index contributed by atoms with van der Waals surface area (Å²) in [5.41, 5.74) is -0.921. The first-order valence-corrected chi connectivity index (χ1v) is 7.66. The lowest BCUT2D eigenvalue weighted by Crippen LogP contribution is -2.43. The highest BCUT2D eigenvalue weighted by Gasteiger charge is 2.34. The Bertz CT molecular complexity index is 671. The van der Waals surface area contributed by atoms with Crippen LogP contribution >= 0.6 is 11.5 Å². The number of likely N-dealkylation sites (tertiary alicyclic amines) is 1. The molecule has 2 aromatic rings. The fourth-order valence-corrected chi connectivity index (χ4v) is 2.86. The van der Waals surface area contributed by atoms with E-state index in [9.17, 15) is 18.0 Å². The maximum atomic E-state index is 12.6. The van der Waals surface area contributed by atoms with Crippen LogP contribution in [0.3, 0.4) is 0 Å². The summed E-state index contributed by atoms with van der Waals surface area (Å²) >= 11 is 1.06. The number of amides is 2. The Morgan fingerprint density at radius 2 is 2.26 bits per heavy atom. The second-order valence-electron chi connectivity index (χ2n) is 5.13. The number of rotatable bonds is 2. The monoisotopic (exact) mass is 346 g/mol. The Morgan fingerprint density at radius 1 is 1.43 bits per heavy atom. The van der Waals surface area contributed by atoms with Crippen molar-refractivity contribution in [3.8, 4) is 0 Å². The molecule has 0 radical (unpaired) electrons. The van der Waals surface area contributed by atoms with E-state index in [2.05, 4.69) is 20.0 Å². The van der Waals surface area contributed by atoms with Crippen LogP contribution in [-0.4, -0.2) is 43.4 Å². The molecule has 0 spiro atoms. The van der Waals surface area contributed by atoms with Gasteiger partial charge in [-0.3, -0.25) is 10.00 Å². The Morgan fingerprint density at radius 3 is 2.91 bits per heavy atom. The summed E-state index contributed by atoms with van der Waals surface area (Å²) in [6, 6.07) is 0.358. The summed E-state index contributed by atoms with van der Waals surface area (Å²) in [7, 11) is 0. The molecule has 1 atom stereocenters. The molecule has 0 aromatic carbocycles. The van der Waals surface area contributed by atoms with E-state index in [1.807, 2.05) is 0 Å². The third kappa shape index (κ3) is 3.60. The van der Waals surface area contributed by atoms with Crippen LogP contribution in [0.2, 0.25) is 0 Å². The van der Waals surface area contributed by atoms with E-state index in [-0.39, 0.29) is 12.1 Å². The average Bonchev–Trinajstić information content (AvgIpc) is 3.18. The standard InChI is InChI=1S/C12H13F3N6OS/c13-12(14,15)9-3-5-21(18-9)8-2-1-4-20(7-8)11(22)17-10-6-16-19-23-10/h3,5-6,8H,1-2,4,7H2,(H,17,22). The van der Waals surface area contributed by atoms with Crippen molar-refractivity contribution in [2.24, 2.45) is 0 Å². The zero-order valence-corrected chi connectivity index (χ0v) is 12.6. The predicted octanol–water partition coefficient (Wildman–Crippen LogP) is 2.62. The van der Waals surface area contributed by atoms with Crippen LogP contribution in [0.25, 0.3) is 0 Å². The van der Waals surface area contributed by atoms with Gasteiger partial charge in [0.05, 0.1) is 12.2 Å². The van der Waals surface area contributed by atoms with Gasteiger partial charge >= 0.3 is 12.2 Å². The molecule has 7 nitrogen and oxygen atoms in total. The molecule has 124 valence electrons. The largest absolute Gasteiger partial charge is 0.435 e. The smallest absolute Gasteiger partial charge is 0.322 e. The minimum absolute atomic E-state index is 0.273. The Kier molecular flexibility index (Phi) is 4.20. The first kappa shape index (κ1) is 15.7. The number of aromatic nitrogens is 4. The van der Waals surface area contributed by atoms with E-state index in [1.54, 1.807) is 4.90 Å². The molecule has 11 heteroatoms. The zero-order valence-electron chi connectivity index (χ0n) is 11.8. The van der Waals surface area contributed by atoms with Gasteiger partial charge < -0.3 is 4.90 Å². The molecular formula is C12H13F3N6OS. The lowest BCUT2D eigenvalue weighted by Gasteiger charge is -2.32. The second kappa shape index (κ2) is 6.14. The number of hydrogen-bond acceptors (Lipinski definition) is 5. The average molecular weight is 346 g/mol. The second-order valence-corrected chi connectivity index (χ2v) is 5.92. The van der Waals surface area contributed by atoms with Crippen LogP contribution < -0.4 is 5.32 Å². The van der Waals surface area contributed by atoms with Crippen LogP contribution in [0.1, 0.15) is 24.6 Å². The number of hydrogen-bond donors (Lipinski definition) is 1. The molecule has 0 aliphatic carbocycles. The third-order valence-electron chi connectivity index (χ3n) is 3.55. The predicted molar refractivity (Wildman–Crippen MR) is 76.0 cm³/mol. The minimum Gasteiger partial charge on any atom is -0.322 e. The van der Waals surface area contributed by atoms with Gasteiger partial charge in [0, 0.05) is 30.8 Å². The lowest BCUT2D eigenvalue weighted by atomic mass is 10.1. The van der Waals surface area contributed by atoms with Gasteiger partial charge in [-0.1, -0.05) is 4.49 Å². The topological polar surface area (TPSA) is 75.9 Å². The van der Waals surface area contributed by atoms with Gasteiger partial charge in [-0.15, -0.1) is 5.10 Å². The maximum Gasteiger partial charge on any atom is 0.435 e. The first-order valence-electron chi connectivity index (χ1n) is 6.89. The molecule has 2 aromatic heterocycles. The molecule has 0 saturated carbocycles. The molecule has 3 rings (SSSR count). The fraction of sp³-hybridized carbons (Fsp3) is 0.500. The van der Waals surface area contributed by atoms with E-state index < -0.39 is 11.9 Å². The molecule has 0 bridgehead atoms. The summed E-state index contributed by atoms with van der Waals surface area (Å²) in [4.78, 5) is 13.7. The van der Waals surface area contributed by atoms with Crippen LogP contribution in [0.4, 0.5) is 23.0 Å². The number of nitrogens with zero attached hydrogens (tertiary/aromatic N) is 5. The van der Waals surface area contributed by atoms with E-state index in [1.165, 1.54) is 17.1 Å². The molecule has 2 amide bonds. The molecule has 1 aliphatic heterocycles. The summed E-state index contributed by atoms with van der Waals surface area (Å²) < 4.78 is 42.8. The van der Waals surface area contributed by atoms with Crippen molar-refractivity contribution in [3.05, 3.63) is 24.2 Å². The van der Waals surface area contributed by atoms with E-state index in [0.29, 0.717) is 30.9 Å². The lowest BCUT2D eigenvalue weighted by molar-refractivity contribution is -0.141. The summed E-state index contributed by atoms with van der Waals surface area (Å²) in [5, 5.41) is 10.4. The quantitative estimate of drug-likeness (QED) is 0.907. The van der Waals surface area contributed by atoms with Crippen molar-refractivity contribution in [1.82, 2.24) is 24.3 Å². The Labute approximate surface area is 133 Å². The van der Waals surface area contributed by atoms with Crippen molar-refractivity contribution in [2.75, 3.05) is 18.4 Å². The van der Waals surface area contributed by atoms with Crippen molar-refractivity contribution in [3.63, 3.8) is 0 Å². The van der Waals surface area contributed by atoms with Gasteiger partial charge in [0.15, 0.2) is 5.69 Å². The molecule has 1 fully saturated rings. The van der Waals surface area contributed by atoms with E-state index in [0.717, 1.165) is 17.6 Å². The van der Waals surface area contributed by atoms with Crippen molar-refractivity contribution >= 4 is 22.6 Å². The summed E-state index contributed by atoms with van der Waals surface area (Å²) in [6.07, 6.45) is -0.351. The molecule has 1 N–H and O–H groups in total. The number of halogens is 3. The highest BCUT2D eigenvalue weighted by atomic mass is 32.1. The highest BCUT2D eigenvalue weighted by Crippen LogP contribution is 2.29. The van der Waals surface area contributed by atoms with Gasteiger partial charge in [0.25, 0.3) is 0 Å². The summed E-state index contributed by atoms with van der Waals surface area (Å²) in [5.74, 6) is 0. The Hall–Kier alpha value is -2.17. The van der Waals surface area contributed by atoms with Gasteiger partial charge in [-0.2, -0.15) is 18.3 Å². The number of urea groups is 1. The number of nitrogens with one attached hydrogen (secondary N) is 1. The van der Waals surface area contributed by atoms with Crippen LogP contribution in [0.5, 0.6) is 0 Å². The van der Waals surface area contributed by atoms with Gasteiger partial charge in [-0.25, -0.2) is 4.79 Å². The molecule has 1 aliphatic rings. The SMILES string of the molecule is O=C(Nc1cnns1)N1CCCC(n2ccc(C(F)(F)F)n2)C1. The number of carbonyl (C=O) groups is 1. The fourth-order valence-electron chi connectivity index (χ4n) is 2.45. The van der Waals surface area contributed by atoms with Gasteiger partial charge in [0.2, 0.25) is 0 Å². The number of anilines is 1. The first-order chi connectivity index (χ1) is 10.9.